The van der Waals surface area contributed by atoms with E-state index in [0.717, 1.165) is 12.3 Å². The third-order valence-corrected chi connectivity index (χ3v) is 3.50. The van der Waals surface area contributed by atoms with Crippen molar-refractivity contribution < 1.29 is 0 Å². The Hall–Kier alpha value is -0.820. The zero-order valence-electron chi connectivity index (χ0n) is 11.0. The summed E-state index contributed by atoms with van der Waals surface area (Å²) in [6.45, 7) is 8.99. The first-order valence-corrected chi connectivity index (χ1v) is 6.25. The van der Waals surface area contributed by atoms with E-state index < -0.39 is 0 Å². The van der Waals surface area contributed by atoms with Crippen LogP contribution in [0.4, 0.5) is 0 Å². The maximum absolute atomic E-state index is 6.33. The topological polar surface area (TPSA) is 26.0 Å². The van der Waals surface area contributed by atoms with Crippen LogP contribution in [-0.4, -0.2) is 6.04 Å². The molecule has 1 atom stereocenters. The fraction of sp³-hybridized carbons (Fsp3) is 0.600. The van der Waals surface area contributed by atoms with E-state index in [9.17, 15) is 0 Å². The second-order valence-corrected chi connectivity index (χ2v) is 5.67. The molecule has 0 fully saturated rings. The Morgan fingerprint density at radius 1 is 1.06 bits per heavy atom. The molecule has 1 aromatic carbocycles. The second kappa shape index (κ2) is 5.49. The normalized spacial score (nSPS) is 14.1. The molecule has 2 N–H and O–H groups in total. The second-order valence-electron chi connectivity index (χ2n) is 5.67. The van der Waals surface area contributed by atoms with Crippen LogP contribution in [-0.2, 0) is 5.41 Å². The highest BCUT2D eigenvalue weighted by Crippen LogP contribution is 2.28. The van der Waals surface area contributed by atoms with Gasteiger partial charge in [0, 0.05) is 11.5 Å². The Balaban J connectivity index is 2.69. The first kappa shape index (κ1) is 13.2. The van der Waals surface area contributed by atoms with Crippen molar-refractivity contribution in [2.24, 2.45) is 11.7 Å². The van der Waals surface area contributed by atoms with Crippen LogP contribution < -0.4 is 5.73 Å². The molecule has 0 amide bonds. The van der Waals surface area contributed by atoms with Gasteiger partial charge in [-0.25, -0.2) is 0 Å². The lowest BCUT2D eigenvalue weighted by Crippen LogP contribution is -2.41. The van der Waals surface area contributed by atoms with Gasteiger partial charge in [-0.2, -0.15) is 0 Å². The summed E-state index contributed by atoms with van der Waals surface area (Å²) < 4.78 is 0. The van der Waals surface area contributed by atoms with Gasteiger partial charge in [-0.1, -0.05) is 58.0 Å². The number of benzene rings is 1. The third-order valence-electron chi connectivity index (χ3n) is 3.50. The largest absolute Gasteiger partial charge is 0.327 e. The third kappa shape index (κ3) is 3.34. The molecule has 1 heteroatoms. The zero-order chi connectivity index (χ0) is 12.2. The van der Waals surface area contributed by atoms with Gasteiger partial charge in [-0.05, 0) is 24.3 Å². The number of nitrogens with two attached hydrogens (primary N) is 1. The molecule has 16 heavy (non-hydrogen) atoms. The Morgan fingerprint density at radius 3 is 2.12 bits per heavy atom. The van der Waals surface area contributed by atoms with E-state index in [4.69, 9.17) is 5.73 Å². The number of rotatable bonds is 5. The summed E-state index contributed by atoms with van der Waals surface area (Å²) in [5, 5.41) is 0. The minimum atomic E-state index is 0.0656. The molecule has 0 bridgehead atoms. The summed E-state index contributed by atoms with van der Waals surface area (Å²) in [4.78, 5) is 0. The van der Waals surface area contributed by atoms with Crippen molar-refractivity contribution in [3.8, 4) is 0 Å². The lowest BCUT2D eigenvalue weighted by Gasteiger charge is -2.32. The molecule has 0 spiro atoms. The number of hydrogen-bond acceptors (Lipinski definition) is 1. The van der Waals surface area contributed by atoms with E-state index in [1.807, 2.05) is 0 Å². The predicted octanol–water partition coefficient (Wildman–Crippen LogP) is 3.73. The SMILES string of the molecule is CC(C)CCC(N)C(C)(C)c1ccccc1. The van der Waals surface area contributed by atoms with Gasteiger partial charge < -0.3 is 5.73 Å². The predicted molar refractivity (Wildman–Crippen MR) is 71.5 cm³/mol. The zero-order valence-corrected chi connectivity index (χ0v) is 11.0. The quantitative estimate of drug-likeness (QED) is 0.802. The molecule has 0 aliphatic carbocycles. The molecule has 0 radical (unpaired) electrons. The van der Waals surface area contributed by atoms with Gasteiger partial charge in [-0.15, -0.1) is 0 Å². The Kier molecular flexibility index (Phi) is 4.55. The van der Waals surface area contributed by atoms with Crippen molar-refractivity contribution >= 4 is 0 Å². The van der Waals surface area contributed by atoms with Crippen molar-refractivity contribution in [1.29, 1.82) is 0 Å². The molecule has 1 unspecified atom stereocenters. The molecule has 0 aliphatic heterocycles. The van der Waals surface area contributed by atoms with Gasteiger partial charge in [0.05, 0.1) is 0 Å². The highest BCUT2D eigenvalue weighted by molar-refractivity contribution is 5.25. The van der Waals surface area contributed by atoms with Crippen molar-refractivity contribution in [2.75, 3.05) is 0 Å². The highest BCUT2D eigenvalue weighted by Gasteiger charge is 2.27. The van der Waals surface area contributed by atoms with Gasteiger partial charge in [0.2, 0.25) is 0 Å². The summed E-state index contributed by atoms with van der Waals surface area (Å²) in [5.41, 5.74) is 7.74. The van der Waals surface area contributed by atoms with Crippen LogP contribution in [0.25, 0.3) is 0 Å². The first-order chi connectivity index (χ1) is 7.44. The average molecular weight is 219 g/mol. The summed E-state index contributed by atoms with van der Waals surface area (Å²) in [6.07, 6.45) is 2.30. The van der Waals surface area contributed by atoms with Crippen LogP contribution in [0.3, 0.4) is 0 Å². The smallest absolute Gasteiger partial charge is 0.0131 e. The molecular weight excluding hydrogens is 194 g/mol. The summed E-state index contributed by atoms with van der Waals surface area (Å²) >= 11 is 0. The van der Waals surface area contributed by atoms with Crippen LogP contribution >= 0.6 is 0 Å². The summed E-state index contributed by atoms with van der Waals surface area (Å²) in [6, 6.07) is 10.8. The van der Waals surface area contributed by atoms with E-state index in [1.54, 1.807) is 0 Å². The van der Waals surface area contributed by atoms with Gasteiger partial charge in [-0.3, -0.25) is 0 Å². The standard InChI is InChI=1S/C15H25N/c1-12(2)10-11-14(16)15(3,4)13-8-6-5-7-9-13/h5-9,12,14H,10-11,16H2,1-4H3. The monoisotopic (exact) mass is 219 g/mol. The Morgan fingerprint density at radius 2 is 1.62 bits per heavy atom. The minimum Gasteiger partial charge on any atom is -0.327 e. The van der Waals surface area contributed by atoms with Crippen molar-refractivity contribution in [1.82, 2.24) is 0 Å². The van der Waals surface area contributed by atoms with Crippen LogP contribution in [0, 0.1) is 5.92 Å². The molecule has 90 valence electrons. The minimum absolute atomic E-state index is 0.0656. The fourth-order valence-electron chi connectivity index (χ4n) is 1.96. The van der Waals surface area contributed by atoms with E-state index in [1.165, 1.54) is 12.0 Å². The van der Waals surface area contributed by atoms with Crippen LogP contribution in [0.15, 0.2) is 30.3 Å². The maximum atomic E-state index is 6.33. The van der Waals surface area contributed by atoms with E-state index in [-0.39, 0.29) is 11.5 Å². The summed E-state index contributed by atoms with van der Waals surface area (Å²) in [7, 11) is 0. The van der Waals surface area contributed by atoms with E-state index in [0.29, 0.717) is 0 Å². The molecule has 0 saturated heterocycles. The van der Waals surface area contributed by atoms with Gasteiger partial charge in [0.1, 0.15) is 0 Å². The highest BCUT2D eigenvalue weighted by atomic mass is 14.7. The maximum Gasteiger partial charge on any atom is 0.0131 e. The first-order valence-electron chi connectivity index (χ1n) is 6.25. The average Bonchev–Trinajstić information content (AvgIpc) is 2.27. The number of hydrogen-bond donors (Lipinski definition) is 1. The van der Waals surface area contributed by atoms with E-state index in [2.05, 4.69) is 58.0 Å². The Bertz CT molecular complexity index is 300. The molecular formula is C15H25N. The molecule has 1 nitrogen and oxygen atoms in total. The molecule has 1 rings (SSSR count). The molecule has 0 aliphatic rings. The van der Waals surface area contributed by atoms with Gasteiger partial charge in [0.25, 0.3) is 0 Å². The fourth-order valence-corrected chi connectivity index (χ4v) is 1.96. The molecule has 1 aromatic rings. The van der Waals surface area contributed by atoms with Gasteiger partial charge >= 0.3 is 0 Å². The molecule has 0 heterocycles. The van der Waals surface area contributed by atoms with Crippen LogP contribution in [0.1, 0.15) is 46.1 Å². The molecule has 0 aromatic heterocycles. The summed E-state index contributed by atoms with van der Waals surface area (Å²) in [5.74, 6) is 0.734. The van der Waals surface area contributed by atoms with Crippen LogP contribution in [0.5, 0.6) is 0 Å². The lowest BCUT2D eigenvalue weighted by atomic mass is 9.76. The molecule has 0 saturated carbocycles. The van der Waals surface area contributed by atoms with Crippen LogP contribution in [0.2, 0.25) is 0 Å². The lowest BCUT2D eigenvalue weighted by molar-refractivity contribution is 0.362. The van der Waals surface area contributed by atoms with Gasteiger partial charge in [0.15, 0.2) is 0 Å². The Labute approximate surface area is 100 Å². The van der Waals surface area contributed by atoms with Crippen molar-refractivity contribution in [3.63, 3.8) is 0 Å². The van der Waals surface area contributed by atoms with E-state index >= 15 is 0 Å². The van der Waals surface area contributed by atoms with Crippen molar-refractivity contribution in [3.05, 3.63) is 35.9 Å². The van der Waals surface area contributed by atoms with Crippen molar-refractivity contribution in [2.45, 2.75) is 52.0 Å².